The van der Waals surface area contributed by atoms with Crippen LogP contribution in [-0.4, -0.2) is 29.0 Å². The quantitative estimate of drug-likeness (QED) is 0.876. The largest absolute Gasteiger partial charge is 0.324 e. The molecule has 5 heteroatoms. The van der Waals surface area contributed by atoms with Crippen LogP contribution in [0.4, 0.5) is 14.9 Å². The molecule has 4 nitrogen and oxygen atoms in total. The number of nitrogens with one attached hydrogen (secondary N) is 1. The summed E-state index contributed by atoms with van der Waals surface area (Å²) in [6.45, 7) is 5.22. The van der Waals surface area contributed by atoms with Crippen LogP contribution in [0.15, 0.2) is 48.3 Å². The van der Waals surface area contributed by atoms with Gasteiger partial charge in [-0.1, -0.05) is 24.6 Å². The number of carbonyl (C=O) groups excluding carboxylic acids is 1. The Bertz CT molecular complexity index is 789. The van der Waals surface area contributed by atoms with E-state index in [0.29, 0.717) is 24.3 Å². The predicted octanol–water partition coefficient (Wildman–Crippen LogP) is 4.49. The van der Waals surface area contributed by atoms with E-state index in [1.165, 1.54) is 11.6 Å². The van der Waals surface area contributed by atoms with Gasteiger partial charge in [-0.2, -0.15) is 0 Å². The van der Waals surface area contributed by atoms with Crippen LogP contribution in [0.5, 0.6) is 0 Å². The van der Waals surface area contributed by atoms with E-state index in [2.05, 4.69) is 23.3 Å². The number of likely N-dealkylation sites (tertiary alicyclic amines) is 1. The van der Waals surface area contributed by atoms with Crippen LogP contribution in [0.2, 0.25) is 0 Å². The molecule has 25 heavy (non-hydrogen) atoms. The molecule has 2 amide bonds. The molecule has 0 spiro atoms. The van der Waals surface area contributed by atoms with E-state index in [1.54, 1.807) is 31.5 Å². The van der Waals surface area contributed by atoms with E-state index in [9.17, 15) is 9.18 Å². The molecule has 1 aromatic heterocycles. The number of urea groups is 1. The molecule has 130 valence electrons. The summed E-state index contributed by atoms with van der Waals surface area (Å²) in [5.41, 5.74) is 3.64. The van der Waals surface area contributed by atoms with E-state index in [-0.39, 0.29) is 17.8 Å². The van der Waals surface area contributed by atoms with Crippen LogP contribution < -0.4 is 5.32 Å². The Labute approximate surface area is 147 Å². The molecule has 1 N–H and O–H groups in total. The molecule has 0 aliphatic carbocycles. The molecule has 1 unspecified atom stereocenters. The number of hydrogen-bond donors (Lipinski definition) is 1. The van der Waals surface area contributed by atoms with Crippen molar-refractivity contribution < 1.29 is 9.18 Å². The van der Waals surface area contributed by atoms with Crippen molar-refractivity contribution >= 4 is 17.8 Å². The Kier molecular flexibility index (Phi) is 5.12. The first-order valence-electron chi connectivity index (χ1n) is 8.45. The lowest BCUT2D eigenvalue weighted by Crippen LogP contribution is -2.42. The number of aromatic nitrogens is 1. The minimum absolute atomic E-state index is 0.100. The fraction of sp³-hybridized carbons (Fsp3) is 0.300. The number of benzene rings is 1. The average molecular weight is 339 g/mol. The van der Waals surface area contributed by atoms with Gasteiger partial charge in [0.05, 0.1) is 11.9 Å². The van der Waals surface area contributed by atoms with Crippen molar-refractivity contribution in [3.63, 3.8) is 0 Å². The number of anilines is 1. The first-order valence-corrected chi connectivity index (χ1v) is 8.45. The molecule has 0 radical (unpaired) electrons. The van der Waals surface area contributed by atoms with Crippen molar-refractivity contribution in [2.75, 3.05) is 18.4 Å². The van der Waals surface area contributed by atoms with Crippen LogP contribution in [0.25, 0.3) is 6.08 Å². The Morgan fingerprint density at radius 1 is 1.40 bits per heavy atom. The van der Waals surface area contributed by atoms with Gasteiger partial charge in [0.1, 0.15) is 5.82 Å². The number of halogens is 1. The van der Waals surface area contributed by atoms with Crippen molar-refractivity contribution in [2.45, 2.75) is 20.3 Å². The second kappa shape index (κ2) is 7.47. The molecular weight excluding hydrogens is 317 g/mol. The first-order chi connectivity index (χ1) is 12.0. The second-order valence-corrected chi connectivity index (χ2v) is 6.50. The van der Waals surface area contributed by atoms with Gasteiger partial charge in [-0.15, -0.1) is 0 Å². The number of rotatable bonds is 2. The van der Waals surface area contributed by atoms with Crippen molar-refractivity contribution in [3.05, 3.63) is 65.2 Å². The molecule has 1 saturated heterocycles. The first kappa shape index (κ1) is 17.1. The predicted molar refractivity (Wildman–Crippen MR) is 97.7 cm³/mol. The topological polar surface area (TPSA) is 45.2 Å². The summed E-state index contributed by atoms with van der Waals surface area (Å²) in [5, 5.41) is 2.87. The lowest BCUT2D eigenvalue weighted by Gasteiger charge is -2.33. The van der Waals surface area contributed by atoms with Crippen molar-refractivity contribution in [2.24, 2.45) is 5.92 Å². The highest BCUT2D eigenvalue weighted by molar-refractivity contribution is 5.89. The van der Waals surface area contributed by atoms with Crippen molar-refractivity contribution in [1.82, 2.24) is 9.88 Å². The van der Waals surface area contributed by atoms with Crippen molar-refractivity contribution in [3.8, 4) is 0 Å². The zero-order valence-corrected chi connectivity index (χ0v) is 14.5. The van der Waals surface area contributed by atoms with Gasteiger partial charge in [0, 0.05) is 19.3 Å². The zero-order valence-electron chi connectivity index (χ0n) is 14.5. The Hall–Kier alpha value is -2.69. The summed E-state index contributed by atoms with van der Waals surface area (Å²) in [7, 11) is 0. The summed E-state index contributed by atoms with van der Waals surface area (Å²) in [5.74, 6) is 0.0795. The number of hydrogen-bond acceptors (Lipinski definition) is 2. The van der Waals surface area contributed by atoms with Gasteiger partial charge in [-0.3, -0.25) is 4.98 Å². The highest BCUT2D eigenvalue weighted by Gasteiger charge is 2.24. The molecule has 1 aromatic carbocycles. The molecule has 0 bridgehead atoms. The number of pyridine rings is 1. The molecule has 1 fully saturated rings. The number of piperidine rings is 1. The molecule has 1 aliphatic heterocycles. The van der Waals surface area contributed by atoms with Crippen LogP contribution in [0.1, 0.15) is 24.5 Å². The SMILES string of the molecule is Cc1cc(/C=C2\CCN(C(=O)Nc3cccnc3)CC2C)ccc1F. The maximum atomic E-state index is 13.4. The number of carbonyl (C=O) groups is 1. The van der Waals surface area contributed by atoms with Crippen LogP contribution in [0, 0.1) is 18.7 Å². The number of nitrogens with zero attached hydrogens (tertiary/aromatic N) is 2. The second-order valence-electron chi connectivity index (χ2n) is 6.50. The zero-order chi connectivity index (χ0) is 17.8. The summed E-state index contributed by atoms with van der Waals surface area (Å²) in [6, 6.07) is 8.67. The van der Waals surface area contributed by atoms with Crippen LogP contribution in [0.3, 0.4) is 0 Å². The van der Waals surface area contributed by atoms with Gasteiger partial charge in [-0.25, -0.2) is 9.18 Å². The molecule has 2 heterocycles. The normalized spacial score (nSPS) is 19.1. The van der Waals surface area contributed by atoms with E-state index >= 15 is 0 Å². The van der Waals surface area contributed by atoms with Crippen LogP contribution in [-0.2, 0) is 0 Å². The molecular formula is C20H22FN3O. The molecule has 0 saturated carbocycles. The molecule has 1 atom stereocenters. The third-order valence-electron chi connectivity index (χ3n) is 4.53. The molecule has 3 rings (SSSR count). The van der Waals surface area contributed by atoms with Gasteiger partial charge in [0.15, 0.2) is 0 Å². The van der Waals surface area contributed by atoms with Gasteiger partial charge >= 0.3 is 6.03 Å². The van der Waals surface area contributed by atoms with Gasteiger partial charge in [0.25, 0.3) is 0 Å². The van der Waals surface area contributed by atoms with E-state index in [0.717, 1.165) is 12.0 Å². The minimum atomic E-state index is -0.183. The highest BCUT2D eigenvalue weighted by Crippen LogP contribution is 2.26. The van der Waals surface area contributed by atoms with Gasteiger partial charge in [-0.05, 0) is 54.7 Å². The summed E-state index contributed by atoms with van der Waals surface area (Å²) in [6.07, 6.45) is 6.24. The average Bonchev–Trinajstić information content (AvgIpc) is 2.60. The van der Waals surface area contributed by atoms with E-state index in [1.807, 2.05) is 17.0 Å². The monoisotopic (exact) mass is 339 g/mol. The van der Waals surface area contributed by atoms with Gasteiger partial charge < -0.3 is 10.2 Å². The summed E-state index contributed by atoms with van der Waals surface area (Å²) >= 11 is 0. The fourth-order valence-corrected chi connectivity index (χ4v) is 3.06. The van der Waals surface area contributed by atoms with Crippen molar-refractivity contribution in [1.29, 1.82) is 0 Å². The minimum Gasteiger partial charge on any atom is -0.324 e. The van der Waals surface area contributed by atoms with Crippen LogP contribution >= 0.6 is 0 Å². The smallest absolute Gasteiger partial charge is 0.321 e. The number of aryl methyl sites for hydroxylation is 1. The standard InChI is InChI=1S/C20H22FN3O/c1-14-10-16(5-6-19(14)21)11-17-7-9-24(13-15(17)2)20(25)23-18-4-3-8-22-12-18/h3-6,8,10-12,15H,7,9,13H2,1-2H3,(H,23,25)/b17-11+. The van der Waals surface area contributed by atoms with E-state index in [4.69, 9.17) is 0 Å². The molecule has 2 aromatic rings. The summed E-state index contributed by atoms with van der Waals surface area (Å²) < 4.78 is 13.4. The highest BCUT2D eigenvalue weighted by atomic mass is 19.1. The maximum absolute atomic E-state index is 13.4. The Balaban J connectivity index is 1.64. The Morgan fingerprint density at radius 2 is 2.24 bits per heavy atom. The summed E-state index contributed by atoms with van der Waals surface area (Å²) in [4.78, 5) is 18.2. The Morgan fingerprint density at radius 3 is 2.92 bits per heavy atom. The lowest BCUT2D eigenvalue weighted by molar-refractivity contribution is 0.198. The van der Waals surface area contributed by atoms with Gasteiger partial charge in [0.2, 0.25) is 0 Å². The third-order valence-corrected chi connectivity index (χ3v) is 4.53. The molecule has 1 aliphatic rings. The fourth-order valence-electron chi connectivity index (χ4n) is 3.06. The van der Waals surface area contributed by atoms with E-state index < -0.39 is 0 Å². The maximum Gasteiger partial charge on any atom is 0.321 e. The number of amides is 2. The third kappa shape index (κ3) is 4.24. The lowest BCUT2D eigenvalue weighted by atomic mass is 9.91.